The van der Waals surface area contributed by atoms with Gasteiger partial charge in [0.1, 0.15) is 5.75 Å². The van der Waals surface area contributed by atoms with Gasteiger partial charge in [-0.1, -0.05) is 6.92 Å². The number of nitrogens with one attached hydrogen (secondary N) is 2. The summed E-state index contributed by atoms with van der Waals surface area (Å²) in [6.07, 6.45) is 3.73. The van der Waals surface area contributed by atoms with Crippen LogP contribution in [-0.4, -0.2) is 99.0 Å². The van der Waals surface area contributed by atoms with E-state index < -0.39 is 6.04 Å². The lowest BCUT2D eigenvalue weighted by Crippen LogP contribution is -2.47. The van der Waals surface area contributed by atoms with Crippen LogP contribution in [0.2, 0.25) is 0 Å². The third-order valence-corrected chi connectivity index (χ3v) is 6.75. The highest BCUT2D eigenvalue weighted by Crippen LogP contribution is 2.28. The van der Waals surface area contributed by atoms with Crippen molar-refractivity contribution in [1.82, 2.24) is 15.1 Å². The van der Waals surface area contributed by atoms with Crippen LogP contribution in [0.25, 0.3) is 0 Å². The summed E-state index contributed by atoms with van der Waals surface area (Å²) in [7, 11) is 5.85. The van der Waals surface area contributed by atoms with Crippen molar-refractivity contribution < 1.29 is 24.2 Å². The number of fused-ring (bicyclic) bond motifs is 1. The van der Waals surface area contributed by atoms with Crippen LogP contribution >= 0.6 is 0 Å². The van der Waals surface area contributed by atoms with Crippen molar-refractivity contribution in [1.29, 1.82) is 0 Å². The summed E-state index contributed by atoms with van der Waals surface area (Å²) in [5.74, 6) is 0.201. The highest BCUT2D eigenvalue weighted by molar-refractivity contribution is 5.99. The number of carbonyl (C=O) groups excluding carboxylic acids is 2. The number of aliphatic hydroxyl groups is 1. The molecule has 1 heterocycles. The molecular weight excluding hydrogens is 472 g/mol. The number of anilines is 1. The molecule has 0 spiro atoms. The van der Waals surface area contributed by atoms with E-state index in [1.807, 2.05) is 39.9 Å². The molecule has 0 aliphatic carbocycles. The van der Waals surface area contributed by atoms with Crippen molar-refractivity contribution >= 4 is 17.5 Å². The molecule has 0 radical (unpaired) electrons. The van der Waals surface area contributed by atoms with Gasteiger partial charge in [-0.15, -0.1) is 0 Å². The molecule has 9 nitrogen and oxygen atoms in total. The molecular formula is C28H48N4O5. The lowest BCUT2D eigenvalue weighted by Gasteiger charge is -2.34. The molecule has 37 heavy (non-hydrogen) atoms. The van der Waals surface area contributed by atoms with E-state index in [-0.39, 0.29) is 36.5 Å². The van der Waals surface area contributed by atoms with Crippen LogP contribution in [-0.2, 0) is 9.53 Å². The van der Waals surface area contributed by atoms with E-state index in [0.717, 1.165) is 32.2 Å². The first-order valence-corrected chi connectivity index (χ1v) is 13.6. The molecule has 1 aromatic rings. The normalized spacial score (nSPS) is 22.6. The third-order valence-electron chi connectivity index (χ3n) is 6.75. The first-order valence-electron chi connectivity index (χ1n) is 13.6. The minimum atomic E-state index is -0.396. The number of amides is 2. The molecule has 9 heteroatoms. The molecule has 0 saturated heterocycles. The molecule has 0 unspecified atom stereocenters. The van der Waals surface area contributed by atoms with E-state index in [1.54, 1.807) is 23.1 Å². The Hall–Kier alpha value is -2.20. The number of rotatable bonds is 9. The molecule has 0 fully saturated rings. The Morgan fingerprint density at radius 1 is 1.27 bits per heavy atom. The van der Waals surface area contributed by atoms with Crippen LogP contribution in [0.4, 0.5) is 5.69 Å². The fourth-order valence-electron chi connectivity index (χ4n) is 4.47. The number of ether oxygens (including phenoxy) is 2. The van der Waals surface area contributed by atoms with Gasteiger partial charge in [0.25, 0.3) is 5.91 Å². The molecule has 1 aliphatic rings. The Bertz CT molecular complexity index is 850. The standard InChI is InChI=1S/C28H48N4O5/c1-20-18-32(21(2)19-33)28(35)24-16-23(30-27(34)11-9-14-31(5)6)12-13-25(24)37-22(3)10-7-8-15-36-26(20)17-29-4/h12-13,16,20-22,26,29,33H,7-11,14-15,17-19H2,1-6H3,(H,30,34)/t20-,21-,22-,26+/m1/s1. The highest BCUT2D eigenvalue weighted by Gasteiger charge is 2.29. The van der Waals surface area contributed by atoms with Gasteiger partial charge in [0.15, 0.2) is 0 Å². The SMILES string of the molecule is CNC[C@@H]1OCCCC[C@@H](C)Oc2ccc(NC(=O)CCCN(C)C)cc2C(=O)N([C@H](C)CO)C[C@H]1C. The number of aliphatic hydroxyl groups excluding tert-OH is 1. The first-order chi connectivity index (χ1) is 17.7. The van der Waals surface area contributed by atoms with E-state index in [9.17, 15) is 14.7 Å². The summed E-state index contributed by atoms with van der Waals surface area (Å²) in [5.41, 5.74) is 0.939. The Balaban J connectivity index is 2.38. The van der Waals surface area contributed by atoms with Crippen LogP contribution in [0.3, 0.4) is 0 Å². The van der Waals surface area contributed by atoms with Crippen LogP contribution in [0, 0.1) is 5.92 Å². The lowest BCUT2D eigenvalue weighted by atomic mass is 10.0. The zero-order chi connectivity index (χ0) is 27.4. The average Bonchev–Trinajstić information content (AvgIpc) is 2.85. The molecule has 4 atom stereocenters. The minimum Gasteiger partial charge on any atom is -0.490 e. The second-order valence-corrected chi connectivity index (χ2v) is 10.5. The zero-order valence-corrected chi connectivity index (χ0v) is 23.6. The van der Waals surface area contributed by atoms with Gasteiger partial charge in [0.05, 0.1) is 30.4 Å². The Morgan fingerprint density at radius 3 is 2.70 bits per heavy atom. The van der Waals surface area contributed by atoms with Crippen molar-refractivity contribution in [3.05, 3.63) is 23.8 Å². The predicted octanol–water partition coefficient (Wildman–Crippen LogP) is 2.98. The monoisotopic (exact) mass is 520 g/mol. The number of likely N-dealkylation sites (N-methyl/N-ethyl adjacent to an activating group) is 1. The van der Waals surface area contributed by atoms with Crippen LogP contribution < -0.4 is 15.4 Å². The number of hydrogen-bond donors (Lipinski definition) is 3. The van der Waals surface area contributed by atoms with Gasteiger partial charge in [-0.05, 0) is 85.4 Å². The Morgan fingerprint density at radius 2 is 2.03 bits per heavy atom. The molecule has 3 N–H and O–H groups in total. The average molecular weight is 521 g/mol. The van der Waals surface area contributed by atoms with Crippen LogP contribution in [0.5, 0.6) is 5.75 Å². The Kier molecular flexibility index (Phi) is 13.3. The summed E-state index contributed by atoms with van der Waals surface area (Å²) in [4.78, 5) is 30.2. The fraction of sp³-hybridized carbons (Fsp3) is 0.714. The molecule has 0 saturated carbocycles. The maximum absolute atomic E-state index is 14.0. The van der Waals surface area contributed by atoms with E-state index in [4.69, 9.17) is 9.47 Å². The van der Waals surface area contributed by atoms with E-state index in [2.05, 4.69) is 17.6 Å². The summed E-state index contributed by atoms with van der Waals surface area (Å²) in [5, 5.41) is 16.1. The minimum absolute atomic E-state index is 0.0382. The van der Waals surface area contributed by atoms with Gasteiger partial charge >= 0.3 is 0 Å². The van der Waals surface area contributed by atoms with Gasteiger partial charge in [-0.3, -0.25) is 9.59 Å². The zero-order valence-electron chi connectivity index (χ0n) is 23.6. The number of benzene rings is 1. The van der Waals surface area contributed by atoms with E-state index in [1.165, 1.54) is 0 Å². The highest BCUT2D eigenvalue weighted by atomic mass is 16.5. The molecule has 210 valence electrons. The van der Waals surface area contributed by atoms with Gasteiger partial charge in [-0.2, -0.15) is 0 Å². The molecule has 0 bridgehead atoms. The van der Waals surface area contributed by atoms with Crippen molar-refractivity contribution in [2.45, 2.75) is 71.1 Å². The smallest absolute Gasteiger partial charge is 0.258 e. The molecule has 2 amide bonds. The molecule has 2 rings (SSSR count). The summed E-state index contributed by atoms with van der Waals surface area (Å²) in [6, 6.07) is 4.85. The van der Waals surface area contributed by atoms with Gasteiger partial charge in [0.2, 0.25) is 5.91 Å². The third kappa shape index (κ3) is 10.2. The molecule has 0 aromatic heterocycles. The second-order valence-electron chi connectivity index (χ2n) is 10.5. The predicted molar refractivity (Wildman–Crippen MR) is 147 cm³/mol. The molecule has 1 aliphatic heterocycles. The lowest BCUT2D eigenvalue weighted by molar-refractivity contribution is -0.116. The maximum atomic E-state index is 14.0. The van der Waals surface area contributed by atoms with Crippen molar-refractivity contribution in [3.63, 3.8) is 0 Å². The van der Waals surface area contributed by atoms with E-state index >= 15 is 0 Å². The maximum Gasteiger partial charge on any atom is 0.258 e. The van der Waals surface area contributed by atoms with Crippen LogP contribution in [0.1, 0.15) is 63.2 Å². The number of carbonyl (C=O) groups is 2. The van der Waals surface area contributed by atoms with Crippen molar-refractivity contribution in [2.24, 2.45) is 5.92 Å². The molecule has 1 aromatic carbocycles. The van der Waals surface area contributed by atoms with E-state index in [0.29, 0.717) is 43.1 Å². The van der Waals surface area contributed by atoms with Gasteiger partial charge in [0, 0.05) is 37.7 Å². The summed E-state index contributed by atoms with van der Waals surface area (Å²) < 4.78 is 12.4. The van der Waals surface area contributed by atoms with Gasteiger partial charge < -0.3 is 35.0 Å². The van der Waals surface area contributed by atoms with Crippen molar-refractivity contribution in [2.75, 3.05) is 59.3 Å². The quantitative estimate of drug-likeness (QED) is 0.460. The summed E-state index contributed by atoms with van der Waals surface area (Å²) >= 11 is 0. The topological polar surface area (TPSA) is 103 Å². The Labute approximate surface area is 222 Å². The largest absolute Gasteiger partial charge is 0.490 e. The fourth-order valence-corrected chi connectivity index (χ4v) is 4.47. The van der Waals surface area contributed by atoms with Crippen LogP contribution in [0.15, 0.2) is 18.2 Å². The second kappa shape index (κ2) is 15.9. The number of hydrogen-bond acceptors (Lipinski definition) is 7. The number of nitrogens with zero attached hydrogens (tertiary/aromatic N) is 2. The summed E-state index contributed by atoms with van der Waals surface area (Å²) in [6.45, 7) is 8.32. The van der Waals surface area contributed by atoms with Crippen molar-refractivity contribution in [3.8, 4) is 5.75 Å². The van der Waals surface area contributed by atoms with Gasteiger partial charge in [-0.25, -0.2) is 0 Å². The first kappa shape index (κ1) is 31.0.